The number of urea groups is 1. The number of hydrogen-bond acceptors (Lipinski definition) is 3. The Morgan fingerprint density at radius 2 is 1.82 bits per heavy atom. The molecule has 1 fully saturated rings. The van der Waals surface area contributed by atoms with E-state index in [0.29, 0.717) is 11.6 Å². The van der Waals surface area contributed by atoms with Gasteiger partial charge in [-0.25, -0.2) is 17.9 Å². The molecule has 1 aromatic rings. The normalized spacial score (nSPS) is 16.3. The summed E-state index contributed by atoms with van der Waals surface area (Å²) in [7, 11) is -3.87. The molecule has 2 rings (SSSR count). The molecule has 122 valence electrons. The van der Waals surface area contributed by atoms with E-state index in [1.54, 1.807) is 4.90 Å². The lowest BCUT2D eigenvalue weighted by atomic mass is 9.94. The van der Waals surface area contributed by atoms with Crippen molar-refractivity contribution >= 4 is 27.7 Å². The lowest BCUT2D eigenvalue weighted by molar-refractivity contribution is 0.165. The largest absolute Gasteiger partial charge is 0.331 e. The zero-order valence-electron chi connectivity index (χ0n) is 12.6. The molecule has 1 aliphatic carbocycles. The molecule has 0 unspecified atom stereocenters. The first kappa shape index (κ1) is 17.1. The number of carbonyl (C=O) groups is 1. The van der Waals surface area contributed by atoms with Crippen molar-refractivity contribution in [2.75, 3.05) is 6.54 Å². The standard InChI is InChI=1S/C15H21ClN2O3S/c1-2-18(13-6-4-3-5-7-13)15(19)17-22(20,21)14-10-8-12(16)9-11-14/h8-11,13H,2-7H2,1H3,(H,17,19). The number of sulfonamides is 1. The minimum Gasteiger partial charge on any atom is -0.321 e. The molecule has 0 spiro atoms. The smallest absolute Gasteiger partial charge is 0.321 e. The molecule has 1 N–H and O–H groups in total. The van der Waals surface area contributed by atoms with E-state index >= 15 is 0 Å². The Bertz CT molecular complexity index is 610. The van der Waals surface area contributed by atoms with Crippen LogP contribution in [0.5, 0.6) is 0 Å². The molecule has 1 saturated carbocycles. The van der Waals surface area contributed by atoms with Crippen LogP contribution < -0.4 is 4.72 Å². The third-order valence-corrected chi connectivity index (χ3v) is 5.55. The Kier molecular flexibility index (Phi) is 5.69. The van der Waals surface area contributed by atoms with Gasteiger partial charge in [-0.05, 0) is 44.0 Å². The van der Waals surface area contributed by atoms with Gasteiger partial charge in [0.2, 0.25) is 0 Å². The molecule has 0 heterocycles. The van der Waals surface area contributed by atoms with Crippen LogP contribution in [0, 0.1) is 0 Å². The summed E-state index contributed by atoms with van der Waals surface area (Å²) in [5.74, 6) is 0. The van der Waals surface area contributed by atoms with Gasteiger partial charge < -0.3 is 4.90 Å². The van der Waals surface area contributed by atoms with Gasteiger partial charge in [0.15, 0.2) is 0 Å². The monoisotopic (exact) mass is 344 g/mol. The summed E-state index contributed by atoms with van der Waals surface area (Å²) in [5.41, 5.74) is 0. The first-order valence-corrected chi connectivity index (χ1v) is 9.39. The van der Waals surface area contributed by atoms with Gasteiger partial charge in [-0.1, -0.05) is 30.9 Å². The molecule has 0 radical (unpaired) electrons. The van der Waals surface area contributed by atoms with E-state index in [0.717, 1.165) is 25.7 Å². The lowest BCUT2D eigenvalue weighted by Gasteiger charge is -2.33. The zero-order valence-corrected chi connectivity index (χ0v) is 14.2. The predicted molar refractivity (Wildman–Crippen MR) is 86.4 cm³/mol. The maximum Gasteiger partial charge on any atom is 0.331 e. The second kappa shape index (κ2) is 7.33. The lowest BCUT2D eigenvalue weighted by Crippen LogP contribution is -2.48. The van der Waals surface area contributed by atoms with E-state index < -0.39 is 16.1 Å². The van der Waals surface area contributed by atoms with Crippen LogP contribution in [0.25, 0.3) is 0 Å². The van der Waals surface area contributed by atoms with Crippen LogP contribution >= 0.6 is 11.6 Å². The molecule has 0 aliphatic heterocycles. The van der Waals surface area contributed by atoms with Crippen molar-refractivity contribution in [1.82, 2.24) is 9.62 Å². The molecule has 0 aromatic heterocycles. The molecule has 7 heteroatoms. The van der Waals surface area contributed by atoms with Crippen molar-refractivity contribution in [2.24, 2.45) is 0 Å². The van der Waals surface area contributed by atoms with Gasteiger partial charge >= 0.3 is 6.03 Å². The number of nitrogens with one attached hydrogen (secondary N) is 1. The molecular formula is C15H21ClN2O3S. The molecule has 1 aliphatic rings. The summed E-state index contributed by atoms with van der Waals surface area (Å²) in [6.07, 6.45) is 5.21. The van der Waals surface area contributed by atoms with Crippen LogP contribution in [0.3, 0.4) is 0 Å². The van der Waals surface area contributed by atoms with Gasteiger partial charge in [0, 0.05) is 17.6 Å². The maximum absolute atomic E-state index is 12.3. The number of nitrogens with zero attached hydrogens (tertiary/aromatic N) is 1. The highest BCUT2D eigenvalue weighted by molar-refractivity contribution is 7.90. The number of carbonyl (C=O) groups excluding carboxylic acids is 1. The fourth-order valence-corrected chi connectivity index (χ4v) is 3.89. The number of hydrogen-bond donors (Lipinski definition) is 1. The Morgan fingerprint density at radius 3 is 2.36 bits per heavy atom. The average molecular weight is 345 g/mol. The van der Waals surface area contributed by atoms with Crippen LogP contribution in [0.1, 0.15) is 39.0 Å². The molecule has 2 amide bonds. The molecule has 0 bridgehead atoms. The van der Waals surface area contributed by atoms with Gasteiger partial charge in [0.1, 0.15) is 0 Å². The Labute approximate surface area is 136 Å². The van der Waals surface area contributed by atoms with E-state index in [2.05, 4.69) is 4.72 Å². The van der Waals surface area contributed by atoms with Gasteiger partial charge in [-0.3, -0.25) is 0 Å². The van der Waals surface area contributed by atoms with Crippen molar-refractivity contribution < 1.29 is 13.2 Å². The van der Waals surface area contributed by atoms with Crippen LogP contribution in [-0.4, -0.2) is 31.9 Å². The van der Waals surface area contributed by atoms with Crippen molar-refractivity contribution in [3.63, 3.8) is 0 Å². The van der Waals surface area contributed by atoms with Crippen molar-refractivity contribution in [3.05, 3.63) is 29.3 Å². The zero-order chi connectivity index (χ0) is 16.2. The van der Waals surface area contributed by atoms with E-state index in [1.165, 1.54) is 30.7 Å². The molecule has 0 saturated heterocycles. The molecule has 5 nitrogen and oxygen atoms in total. The summed E-state index contributed by atoms with van der Waals surface area (Å²) in [6, 6.07) is 5.31. The fourth-order valence-electron chi connectivity index (χ4n) is 2.81. The highest BCUT2D eigenvalue weighted by atomic mass is 35.5. The summed E-state index contributed by atoms with van der Waals surface area (Å²) in [6.45, 7) is 2.36. The number of amides is 2. The average Bonchev–Trinajstić information content (AvgIpc) is 2.49. The van der Waals surface area contributed by atoms with Gasteiger partial charge in [-0.2, -0.15) is 0 Å². The third kappa shape index (κ3) is 4.14. The minimum atomic E-state index is -3.87. The highest BCUT2D eigenvalue weighted by Crippen LogP contribution is 2.23. The molecular weight excluding hydrogens is 324 g/mol. The second-order valence-corrected chi connectivity index (χ2v) is 7.56. The summed E-state index contributed by atoms with van der Waals surface area (Å²) in [4.78, 5) is 14.0. The van der Waals surface area contributed by atoms with Gasteiger partial charge in [0.05, 0.1) is 4.90 Å². The van der Waals surface area contributed by atoms with E-state index in [1.807, 2.05) is 6.92 Å². The Balaban J connectivity index is 2.09. The Morgan fingerprint density at radius 1 is 1.23 bits per heavy atom. The summed E-state index contributed by atoms with van der Waals surface area (Å²) >= 11 is 5.75. The molecule has 22 heavy (non-hydrogen) atoms. The summed E-state index contributed by atoms with van der Waals surface area (Å²) < 4.78 is 26.7. The quantitative estimate of drug-likeness (QED) is 0.910. The first-order valence-electron chi connectivity index (χ1n) is 7.53. The highest BCUT2D eigenvalue weighted by Gasteiger charge is 2.27. The molecule has 1 aromatic carbocycles. The topological polar surface area (TPSA) is 66.5 Å². The van der Waals surface area contributed by atoms with Crippen LogP contribution in [0.15, 0.2) is 29.2 Å². The number of halogens is 1. The Hall–Kier alpha value is -1.27. The van der Waals surface area contributed by atoms with Gasteiger partial charge in [-0.15, -0.1) is 0 Å². The summed E-state index contributed by atoms with van der Waals surface area (Å²) in [5, 5.41) is 0.447. The second-order valence-electron chi connectivity index (χ2n) is 5.44. The van der Waals surface area contributed by atoms with E-state index in [4.69, 9.17) is 11.6 Å². The van der Waals surface area contributed by atoms with Crippen LogP contribution in [0.2, 0.25) is 5.02 Å². The molecule has 0 atom stereocenters. The van der Waals surface area contributed by atoms with Gasteiger partial charge in [0.25, 0.3) is 10.0 Å². The predicted octanol–water partition coefficient (Wildman–Crippen LogP) is 3.39. The van der Waals surface area contributed by atoms with Crippen LogP contribution in [0.4, 0.5) is 4.79 Å². The van der Waals surface area contributed by atoms with E-state index in [-0.39, 0.29) is 10.9 Å². The number of benzene rings is 1. The van der Waals surface area contributed by atoms with Crippen molar-refractivity contribution in [2.45, 2.75) is 50.0 Å². The fraction of sp³-hybridized carbons (Fsp3) is 0.533. The number of rotatable bonds is 4. The maximum atomic E-state index is 12.3. The van der Waals surface area contributed by atoms with Crippen molar-refractivity contribution in [3.8, 4) is 0 Å². The first-order chi connectivity index (χ1) is 10.4. The minimum absolute atomic E-state index is 0.0324. The SMILES string of the molecule is CCN(C(=O)NS(=O)(=O)c1ccc(Cl)cc1)C1CCCCC1. The van der Waals surface area contributed by atoms with E-state index in [9.17, 15) is 13.2 Å². The van der Waals surface area contributed by atoms with Crippen molar-refractivity contribution in [1.29, 1.82) is 0 Å². The third-order valence-electron chi connectivity index (χ3n) is 3.96. The van der Waals surface area contributed by atoms with Crippen LogP contribution in [-0.2, 0) is 10.0 Å².